The van der Waals surface area contributed by atoms with Crippen LogP contribution in [0, 0.1) is 0 Å². The third-order valence-corrected chi connectivity index (χ3v) is 10.5. The number of likely N-dealkylation sites (N-methyl/N-ethyl adjacent to an activating group) is 2. The van der Waals surface area contributed by atoms with Crippen LogP contribution in [0.5, 0.6) is 0 Å². The molecule has 2 aromatic carbocycles. The van der Waals surface area contributed by atoms with E-state index in [-0.39, 0.29) is 76.7 Å². The molecule has 1 aliphatic rings. The van der Waals surface area contributed by atoms with Crippen LogP contribution < -0.4 is 20.7 Å². The molecule has 0 aromatic heterocycles. The second-order valence-corrected chi connectivity index (χ2v) is 15.5. The first kappa shape index (κ1) is 48.8. The molecular weight excluding hydrogens is 809 g/mol. The molecule has 1 heterocycles. The average Bonchev–Trinajstić information content (AvgIpc) is 3.19. The molecule has 0 bridgehead atoms. The predicted octanol–water partition coefficient (Wildman–Crippen LogP) is 0.122. The van der Waals surface area contributed by atoms with Gasteiger partial charge in [0.15, 0.2) is 12.2 Å². The van der Waals surface area contributed by atoms with E-state index in [9.17, 15) is 28.2 Å². The summed E-state index contributed by atoms with van der Waals surface area (Å²) in [7, 11) is 0.0399. The predicted molar refractivity (Wildman–Crippen MR) is 213 cm³/mol. The van der Waals surface area contributed by atoms with Crippen molar-refractivity contribution in [1.29, 1.82) is 0 Å². The molecule has 3 atom stereocenters. The molecule has 0 spiro atoms. The van der Waals surface area contributed by atoms with Crippen LogP contribution in [-0.4, -0.2) is 174 Å². The molecule has 2 amide bonds. The topological polar surface area (TPSA) is 215 Å². The highest BCUT2D eigenvalue weighted by Gasteiger charge is 2.30. The van der Waals surface area contributed by atoms with E-state index in [2.05, 4.69) is 25.6 Å². The first-order valence-electron chi connectivity index (χ1n) is 18.7. The van der Waals surface area contributed by atoms with Crippen LogP contribution in [0.3, 0.4) is 0 Å². The lowest BCUT2D eigenvalue weighted by Crippen LogP contribution is -2.50. The number of hydrogen-bond donors (Lipinski definition) is 6. The molecule has 1 unspecified atom stereocenters. The number of nitrogens with one attached hydrogen (secondary N) is 4. The van der Waals surface area contributed by atoms with Crippen molar-refractivity contribution in [2.24, 2.45) is 0 Å². The van der Waals surface area contributed by atoms with Crippen LogP contribution in [-0.2, 0) is 54.6 Å². The Balaban J connectivity index is 1.18. The Morgan fingerprint density at radius 2 is 1.25 bits per heavy atom. The van der Waals surface area contributed by atoms with Gasteiger partial charge < -0.3 is 59.5 Å². The molecule has 0 fully saturated rings. The minimum absolute atomic E-state index is 0.0289. The summed E-state index contributed by atoms with van der Waals surface area (Å²) in [6.07, 6.45) is -3.92. The van der Waals surface area contributed by atoms with Crippen molar-refractivity contribution in [3.8, 4) is 0 Å². The molecule has 322 valence electrons. The SMILES string of the molecule is CNCCOCCOCCOCCNC(=O)[C@H](O)[C@H](O)C(=O)NCCOCCOCCOCCNS(=O)(=O)c1cccc(C2CN(C)Cc3c(Cl)cc(Cl)cc32)c1. The number of nitrogens with zero attached hydrogens (tertiary/aromatic N) is 1. The van der Waals surface area contributed by atoms with E-state index in [1.807, 2.05) is 26.2 Å². The van der Waals surface area contributed by atoms with E-state index >= 15 is 0 Å². The van der Waals surface area contributed by atoms with Gasteiger partial charge in [-0.15, -0.1) is 0 Å². The molecule has 57 heavy (non-hydrogen) atoms. The van der Waals surface area contributed by atoms with Gasteiger partial charge in [0.25, 0.3) is 11.8 Å². The monoisotopic (exact) mass is 865 g/mol. The Morgan fingerprint density at radius 3 is 1.77 bits per heavy atom. The summed E-state index contributed by atoms with van der Waals surface area (Å²) in [4.78, 5) is 26.5. The summed E-state index contributed by atoms with van der Waals surface area (Å²) in [5, 5.41) is 28.9. The van der Waals surface area contributed by atoms with Crippen molar-refractivity contribution in [3.05, 3.63) is 63.1 Å². The van der Waals surface area contributed by atoms with Crippen molar-refractivity contribution in [2.45, 2.75) is 29.6 Å². The van der Waals surface area contributed by atoms with E-state index in [1.165, 1.54) is 0 Å². The number of fused-ring (bicyclic) bond motifs is 1. The van der Waals surface area contributed by atoms with Gasteiger partial charge in [0.1, 0.15) is 0 Å². The van der Waals surface area contributed by atoms with Crippen LogP contribution in [0.2, 0.25) is 10.0 Å². The summed E-state index contributed by atoms with van der Waals surface area (Å²) in [5.41, 5.74) is 2.82. The molecule has 0 radical (unpaired) electrons. The summed E-state index contributed by atoms with van der Waals surface area (Å²) < 4.78 is 61.0. The van der Waals surface area contributed by atoms with E-state index in [1.54, 1.807) is 24.3 Å². The highest BCUT2D eigenvalue weighted by molar-refractivity contribution is 7.89. The fourth-order valence-corrected chi connectivity index (χ4v) is 7.24. The lowest BCUT2D eigenvalue weighted by atomic mass is 9.85. The number of halogens is 2. The van der Waals surface area contributed by atoms with Gasteiger partial charge in [0, 0.05) is 55.2 Å². The number of hydrogen-bond acceptors (Lipinski definition) is 14. The van der Waals surface area contributed by atoms with Crippen molar-refractivity contribution >= 4 is 45.0 Å². The maximum absolute atomic E-state index is 13.1. The van der Waals surface area contributed by atoms with Crippen molar-refractivity contribution in [2.75, 3.05) is 126 Å². The molecule has 0 saturated heterocycles. The molecular formula is C37H57Cl2N5O12S. The Kier molecular flexibility index (Phi) is 23.4. The number of sulfonamides is 1. The highest BCUT2D eigenvalue weighted by Crippen LogP contribution is 2.38. The number of benzene rings is 2. The molecule has 0 saturated carbocycles. The second kappa shape index (κ2) is 27.3. The van der Waals surface area contributed by atoms with E-state index in [4.69, 9.17) is 51.6 Å². The van der Waals surface area contributed by atoms with Gasteiger partial charge in [-0.3, -0.25) is 9.59 Å². The molecule has 2 aromatic rings. The minimum Gasteiger partial charge on any atom is -0.380 e. The molecule has 3 rings (SSSR count). The van der Waals surface area contributed by atoms with Gasteiger partial charge in [-0.1, -0.05) is 35.3 Å². The number of ether oxygens (including phenoxy) is 6. The molecule has 0 aliphatic carbocycles. The first-order chi connectivity index (χ1) is 27.4. The zero-order valence-electron chi connectivity index (χ0n) is 32.5. The normalized spacial score (nSPS) is 15.6. The third-order valence-electron chi connectivity index (χ3n) is 8.51. The molecule has 6 N–H and O–H groups in total. The van der Waals surface area contributed by atoms with Gasteiger partial charge in [-0.05, 0) is 55.1 Å². The van der Waals surface area contributed by atoms with Crippen LogP contribution in [0.4, 0.5) is 0 Å². The smallest absolute Gasteiger partial charge is 0.252 e. The Labute approximate surface area is 345 Å². The standard InChI is InChI=1S/C37H57Cl2N5O12S/c1-40-6-10-51-14-18-55-19-15-52-11-7-41-36(47)34(45)35(46)37(48)42-8-12-53-16-20-56-21-17-54-13-9-43-57(49,50)29-5-3-4-27(22-29)31-25-44(2)26-32-30(31)23-28(38)24-33(32)39/h3-5,22-24,31,34-35,40,43,45-46H,6-21,25-26H2,1-2H3,(H,41,47)(H,42,48)/t31?,34-,35+/m1/s1. The minimum atomic E-state index is -3.80. The van der Waals surface area contributed by atoms with Crippen LogP contribution in [0.1, 0.15) is 22.6 Å². The number of carbonyl (C=O) groups is 2. The lowest BCUT2D eigenvalue weighted by Gasteiger charge is -2.33. The Bertz CT molecular complexity index is 1610. The number of aliphatic hydroxyl groups is 2. The zero-order chi connectivity index (χ0) is 41.5. The molecule has 20 heteroatoms. The van der Waals surface area contributed by atoms with Crippen LogP contribution in [0.25, 0.3) is 0 Å². The summed E-state index contributed by atoms with van der Waals surface area (Å²) in [6.45, 7) is 5.80. The number of aliphatic hydroxyl groups excluding tert-OH is 2. The highest BCUT2D eigenvalue weighted by atomic mass is 35.5. The zero-order valence-corrected chi connectivity index (χ0v) is 34.8. The maximum Gasteiger partial charge on any atom is 0.252 e. The van der Waals surface area contributed by atoms with Crippen LogP contribution in [0.15, 0.2) is 41.3 Å². The van der Waals surface area contributed by atoms with E-state index < -0.39 is 34.0 Å². The summed E-state index contributed by atoms with van der Waals surface area (Å²) in [5.74, 6) is -1.94. The second-order valence-electron chi connectivity index (χ2n) is 12.9. The van der Waals surface area contributed by atoms with Crippen molar-refractivity contribution < 1.29 is 56.6 Å². The fourth-order valence-electron chi connectivity index (χ4n) is 5.61. The number of amides is 2. The van der Waals surface area contributed by atoms with Crippen molar-refractivity contribution in [1.82, 2.24) is 25.6 Å². The quantitative estimate of drug-likeness (QED) is 0.0576. The summed E-state index contributed by atoms with van der Waals surface area (Å²) >= 11 is 12.8. The summed E-state index contributed by atoms with van der Waals surface area (Å²) in [6, 6.07) is 10.5. The number of carbonyl (C=O) groups excluding carboxylic acids is 2. The first-order valence-corrected chi connectivity index (χ1v) is 21.0. The van der Waals surface area contributed by atoms with Gasteiger partial charge >= 0.3 is 0 Å². The Morgan fingerprint density at radius 1 is 0.754 bits per heavy atom. The van der Waals surface area contributed by atoms with Gasteiger partial charge in [-0.2, -0.15) is 0 Å². The van der Waals surface area contributed by atoms with Gasteiger partial charge in [0.05, 0.1) is 84.2 Å². The third kappa shape index (κ3) is 18.1. The van der Waals surface area contributed by atoms with E-state index in [0.717, 1.165) is 23.2 Å². The average molecular weight is 867 g/mol. The number of rotatable bonds is 30. The van der Waals surface area contributed by atoms with Gasteiger partial charge in [0.2, 0.25) is 10.0 Å². The van der Waals surface area contributed by atoms with Crippen molar-refractivity contribution in [3.63, 3.8) is 0 Å². The van der Waals surface area contributed by atoms with Crippen LogP contribution >= 0.6 is 23.2 Å². The van der Waals surface area contributed by atoms with Gasteiger partial charge in [-0.25, -0.2) is 13.1 Å². The molecule has 1 aliphatic heterocycles. The maximum atomic E-state index is 13.1. The molecule has 17 nitrogen and oxygen atoms in total. The largest absolute Gasteiger partial charge is 0.380 e. The lowest BCUT2D eigenvalue weighted by molar-refractivity contribution is -0.146. The fraction of sp³-hybridized carbons (Fsp3) is 0.622. The Hall–Kier alpha value is -2.53. The van der Waals surface area contributed by atoms with E-state index in [0.29, 0.717) is 56.2 Å².